The van der Waals surface area contributed by atoms with Crippen LogP contribution in [0.5, 0.6) is 0 Å². The number of hydrogen-bond acceptors (Lipinski definition) is 2. The van der Waals surface area contributed by atoms with E-state index >= 15 is 0 Å². The highest BCUT2D eigenvalue weighted by Crippen LogP contribution is 2.41. The average molecular weight is 375 g/mol. The highest BCUT2D eigenvalue weighted by molar-refractivity contribution is 6.07. The van der Waals surface area contributed by atoms with Crippen molar-refractivity contribution in [1.82, 2.24) is 4.57 Å². The Morgan fingerprint density at radius 2 is 1.89 bits per heavy atom. The van der Waals surface area contributed by atoms with Gasteiger partial charge < -0.3 is 9.67 Å². The molecule has 144 valence electrons. The molecule has 28 heavy (non-hydrogen) atoms. The molecule has 1 aromatic heterocycles. The number of hydrogen-bond donors (Lipinski definition) is 1. The zero-order valence-corrected chi connectivity index (χ0v) is 16.4. The van der Waals surface area contributed by atoms with Gasteiger partial charge in [0.1, 0.15) is 0 Å². The second kappa shape index (κ2) is 7.27. The minimum atomic E-state index is -0.767. The largest absolute Gasteiger partial charge is 0.481 e. The van der Waals surface area contributed by atoms with Crippen LogP contribution in [0.2, 0.25) is 0 Å². The van der Waals surface area contributed by atoms with Gasteiger partial charge in [0.25, 0.3) is 0 Å². The van der Waals surface area contributed by atoms with Crippen molar-refractivity contribution >= 4 is 22.7 Å². The zero-order valence-electron chi connectivity index (χ0n) is 16.4. The number of aromatic nitrogens is 1. The van der Waals surface area contributed by atoms with Gasteiger partial charge in [0, 0.05) is 29.1 Å². The smallest absolute Gasteiger partial charge is 0.304 e. The summed E-state index contributed by atoms with van der Waals surface area (Å²) in [6.45, 7) is 4.31. The molecule has 1 aliphatic rings. The van der Waals surface area contributed by atoms with Gasteiger partial charge in [-0.25, -0.2) is 0 Å². The number of rotatable bonds is 5. The maximum absolute atomic E-state index is 12.4. The molecular weight excluding hydrogens is 350 g/mol. The second-order valence-electron chi connectivity index (χ2n) is 7.88. The number of carboxylic acids is 1. The number of para-hydroxylation sites is 1. The van der Waals surface area contributed by atoms with Crippen molar-refractivity contribution in [2.24, 2.45) is 0 Å². The number of aryl methyl sites for hydroxylation is 2. The molecule has 0 fully saturated rings. The molecule has 2 aromatic carbocycles. The van der Waals surface area contributed by atoms with Crippen LogP contribution in [0.25, 0.3) is 10.9 Å². The van der Waals surface area contributed by atoms with E-state index in [-0.39, 0.29) is 18.1 Å². The van der Waals surface area contributed by atoms with Gasteiger partial charge >= 0.3 is 5.97 Å². The monoisotopic (exact) mass is 375 g/mol. The maximum Gasteiger partial charge on any atom is 0.304 e. The van der Waals surface area contributed by atoms with Crippen LogP contribution >= 0.6 is 0 Å². The SMILES string of the molecule is CC(=O)c1cccc2c3c(n(Cc4ccc(C)cc4)c12)C(CC(=O)O)CCC3. The molecule has 0 aliphatic heterocycles. The number of fused-ring (bicyclic) bond motifs is 3. The van der Waals surface area contributed by atoms with Crippen molar-refractivity contribution < 1.29 is 14.7 Å². The van der Waals surface area contributed by atoms with Crippen LogP contribution in [0.15, 0.2) is 42.5 Å². The summed E-state index contributed by atoms with van der Waals surface area (Å²) in [5, 5.41) is 10.6. The number of carbonyl (C=O) groups excluding carboxylic acids is 1. The molecule has 4 heteroatoms. The number of benzene rings is 2. The lowest BCUT2D eigenvalue weighted by atomic mass is 9.84. The molecule has 4 rings (SSSR count). The minimum absolute atomic E-state index is 0.0149. The van der Waals surface area contributed by atoms with Crippen LogP contribution in [0.4, 0.5) is 0 Å². The molecule has 0 saturated carbocycles. The Labute approximate surface area is 164 Å². The number of aliphatic carboxylic acids is 1. The zero-order chi connectivity index (χ0) is 19.8. The van der Waals surface area contributed by atoms with Gasteiger partial charge in [0.2, 0.25) is 0 Å². The van der Waals surface area contributed by atoms with E-state index in [0.29, 0.717) is 12.1 Å². The predicted octanol–water partition coefficient (Wildman–Crippen LogP) is 5.10. The third kappa shape index (κ3) is 3.24. The van der Waals surface area contributed by atoms with Crippen molar-refractivity contribution in [3.8, 4) is 0 Å². The highest BCUT2D eigenvalue weighted by atomic mass is 16.4. The molecule has 1 aliphatic carbocycles. The number of carbonyl (C=O) groups is 2. The van der Waals surface area contributed by atoms with Crippen molar-refractivity contribution in [2.45, 2.75) is 52.0 Å². The van der Waals surface area contributed by atoms with Crippen molar-refractivity contribution in [3.63, 3.8) is 0 Å². The van der Waals surface area contributed by atoms with Gasteiger partial charge in [-0.1, -0.05) is 42.0 Å². The van der Waals surface area contributed by atoms with Crippen LogP contribution in [-0.4, -0.2) is 21.4 Å². The summed E-state index contributed by atoms with van der Waals surface area (Å²) in [6.07, 6.45) is 2.93. The van der Waals surface area contributed by atoms with E-state index in [4.69, 9.17) is 0 Å². The first kappa shape index (κ1) is 18.5. The summed E-state index contributed by atoms with van der Waals surface area (Å²) < 4.78 is 2.22. The lowest BCUT2D eigenvalue weighted by Crippen LogP contribution is -2.18. The van der Waals surface area contributed by atoms with E-state index in [1.165, 1.54) is 11.1 Å². The van der Waals surface area contributed by atoms with Gasteiger partial charge in [-0.05, 0) is 50.3 Å². The molecule has 1 N–H and O–H groups in total. The first-order valence-electron chi connectivity index (χ1n) is 9.88. The summed E-state index contributed by atoms with van der Waals surface area (Å²) in [4.78, 5) is 23.9. The van der Waals surface area contributed by atoms with Crippen molar-refractivity contribution in [2.75, 3.05) is 0 Å². The fraction of sp³-hybridized carbons (Fsp3) is 0.333. The topological polar surface area (TPSA) is 59.3 Å². The molecule has 0 saturated heterocycles. The molecule has 1 unspecified atom stereocenters. The summed E-state index contributed by atoms with van der Waals surface area (Å²) in [5.41, 5.74) is 6.37. The van der Waals surface area contributed by atoms with Crippen LogP contribution in [0.1, 0.15) is 64.8 Å². The Morgan fingerprint density at radius 1 is 1.14 bits per heavy atom. The van der Waals surface area contributed by atoms with Gasteiger partial charge in [-0.15, -0.1) is 0 Å². The maximum atomic E-state index is 12.4. The Morgan fingerprint density at radius 3 is 2.57 bits per heavy atom. The predicted molar refractivity (Wildman–Crippen MR) is 110 cm³/mol. The van der Waals surface area contributed by atoms with Crippen LogP contribution in [-0.2, 0) is 17.8 Å². The molecule has 0 radical (unpaired) electrons. The normalized spacial score (nSPS) is 16.1. The van der Waals surface area contributed by atoms with E-state index in [2.05, 4.69) is 41.8 Å². The summed E-state index contributed by atoms with van der Waals surface area (Å²) >= 11 is 0. The highest BCUT2D eigenvalue weighted by Gasteiger charge is 2.30. The fourth-order valence-electron chi connectivity index (χ4n) is 4.62. The van der Waals surface area contributed by atoms with Crippen LogP contribution in [0, 0.1) is 6.92 Å². The summed E-state index contributed by atoms with van der Waals surface area (Å²) in [7, 11) is 0. The second-order valence-corrected chi connectivity index (χ2v) is 7.88. The first-order valence-corrected chi connectivity index (χ1v) is 9.88. The summed E-state index contributed by atoms with van der Waals surface area (Å²) in [6, 6.07) is 14.3. The summed E-state index contributed by atoms with van der Waals surface area (Å²) in [5.74, 6) is -0.740. The van der Waals surface area contributed by atoms with E-state index in [1.54, 1.807) is 6.92 Å². The number of Topliss-reactive ketones (excluding diaryl/α,β-unsaturated/α-hetero) is 1. The van der Waals surface area contributed by atoms with Gasteiger partial charge in [-0.2, -0.15) is 0 Å². The van der Waals surface area contributed by atoms with E-state index in [1.807, 2.05) is 12.1 Å². The Bertz CT molecular complexity index is 1060. The lowest BCUT2D eigenvalue weighted by molar-refractivity contribution is -0.137. The standard InChI is InChI=1S/C24H25NO3/c1-15-9-11-17(12-10-15)14-25-23-18(13-22(27)28)5-3-7-20(23)21-8-4-6-19(16(2)26)24(21)25/h4,6,8-12,18H,3,5,7,13-14H2,1-2H3,(H,27,28). The van der Waals surface area contributed by atoms with E-state index < -0.39 is 5.97 Å². The first-order chi connectivity index (χ1) is 13.5. The third-order valence-corrected chi connectivity index (χ3v) is 5.86. The van der Waals surface area contributed by atoms with Crippen LogP contribution < -0.4 is 0 Å². The van der Waals surface area contributed by atoms with Crippen molar-refractivity contribution in [3.05, 3.63) is 70.4 Å². The third-order valence-electron chi connectivity index (χ3n) is 5.86. The van der Waals surface area contributed by atoms with Crippen LogP contribution in [0.3, 0.4) is 0 Å². The Kier molecular flexibility index (Phi) is 4.80. The molecule has 0 bridgehead atoms. The van der Waals surface area contributed by atoms with Gasteiger partial charge in [0.15, 0.2) is 5.78 Å². The molecule has 1 atom stereocenters. The van der Waals surface area contributed by atoms with Crippen molar-refractivity contribution in [1.29, 1.82) is 0 Å². The minimum Gasteiger partial charge on any atom is -0.481 e. The van der Waals surface area contributed by atoms with Gasteiger partial charge in [0.05, 0.1) is 11.9 Å². The number of nitrogens with zero attached hydrogens (tertiary/aromatic N) is 1. The Hall–Kier alpha value is -2.88. The quantitative estimate of drug-likeness (QED) is 0.632. The van der Waals surface area contributed by atoms with E-state index in [0.717, 1.165) is 41.4 Å². The molecule has 3 aromatic rings. The molecule has 0 spiro atoms. The fourth-order valence-corrected chi connectivity index (χ4v) is 4.62. The van der Waals surface area contributed by atoms with E-state index in [9.17, 15) is 14.7 Å². The number of ketones is 1. The lowest BCUT2D eigenvalue weighted by Gasteiger charge is -2.25. The molecular formula is C24H25NO3. The molecule has 1 heterocycles. The average Bonchev–Trinajstić information content (AvgIpc) is 2.98. The molecule has 0 amide bonds. The number of carboxylic acid groups (broad SMARTS) is 1. The Balaban J connectivity index is 1.97. The van der Waals surface area contributed by atoms with Gasteiger partial charge in [-0.3, -0.25) is 9.59 Å². The molecule has 4 nitrogen and oxygen atoms in total.